The van der Waals surface area contributed by atoms with Crippen LogP contribution in [-0.2, 0) is 10.0 Å². The Bertz CT molecular complexity index is 1570. The fourth-order valence-electron chi connectivity index (χ4n) is 4.48. The van der Waals surface area contributed by atoms with Gasteiger partial charge in [-0.25, -0.2) is 27.8 Å². The van der Waals surface area contributed by atoms with Crippen LogP contribution in [0.2, 0.25) is 0 Å². The van der Waals surface area contributed by atoms with E-state index < -0.39 is 15.8 Å². The van der Waals surface area contributed by atoms with Crippen LogP contribution in [0.4, 0.5) is 4.39 Å². The van der Waals surface area contributed by atoms with Crippen molar-refractivity contribution in [2.24, 2.45) is 0 Å². The number of H-pyrrole nitrogens is 1. The maximum atomic E-state index is 15.1. The lowest BCUT2D eigenvalue weighted by Crippen LogP contribution is -2.48. The number of nitrogens with one attached hydrogen (secondary N) is 1. The molecule has 202 valence electrons. The summed E-state index contributed by atoms with van der Waals surface area (Å²) in [6.07, 6.45) is 4.66. The smallest absolute Gasteiger partial charge is 0.230 e. The molecule has 4 aromatic rings. The van der Waals surface area contributed by atoms with Gasteiger partial charge in [0.15, 0.2) is 23.1 Å². The van der Waals surface area contributed by atoms with Crippen molar-refractivity contribution in [2.45, 2.75) is 13.3 Å². The molecule has 38 heavy (non-hydrogen) atoms. The third-order valence-electron chi connectivity index (χ3n) is 6.46. The van der Waals surface area contributed by atoms with E-state index in [0.717, 1.165) is 18.7 Å². The summed E-state index contributed by atoms with van der Waals surface area (Å²) in [4.78, 5) is 18.0. The molecule has 0 amide bonds. The summed E-state index contributed by atoms with van der Waals surface area (Å²) in [5.74, 6) is 0.571. The van der Waals surface area contributed by atoms with Crippen molar-refractivity contribution < 1.29 is 27.0 Å². The maximum Gasteiger partial charge on any atom is 0.230 e. The predicted molar refractivity (Wildman–Crippen MR) is 140 cm³/mol. The highest BCUT2D eigenvalue weighted by Crippen LogP contribution is 2.37. The molecule has 1 aliphatic heterocycles. The highest BCUT2D eigenvalue weighted by Gasteiger charge is 2.23. The molecule has 13 heteroatoms. The number of aryl methyl sites for hydroxylation is 1. The van der Waals surface area contributed by atoms with Gasteiger partial charge in [-0.05, 0) is 25.5 Å². The Morgan fingerprint density at radius 1 is 1.03 bits per heavy atom. The minimum Gasteiger partial charge on any atom is -0.493 e. The zero-order valence-corrected chi connectivity index (χ0v) is 22.2. The summed E-state index contributed by atoms with van der Waals surface area (Å²) in [7, 11) is -1.61. The van der Waals surface area contributed by atoms with E-state index in [1.807, 2.05) is 6.92 Å². The standard InChI is InChI=1S/C25H29FN6O5S/c1-16-11-18-23(26)22(14-27-24(18)30-16)37-25-17-12-20(35-2)21(13-19(17)28-15-29-25)36-10-4-5-31-6-8-32(9-7-31)38(3,33)34/h11-15H,4-10H2,1-3H3,(H,27,30). The molecule has 1 aliphatic rings. The molecule has 0 saturated carbocycles. The van der Waals surface area contributed by atoms with E-state index in [1.54, 1.807) is 18.2 Å². The Morgan fingerprint density at radius 3 is 2.55 bits per heavy atom. The third kappa shape index (κ3) is 5.49. The average Bonchev–Trinajstić information content (AvgIpc) is 3.29. The van der Waals surface area contributed by atoms with Gasteiger partial charge in [0.05, 0.1) is 42.5 Å². The van der Waals surface area contributed by atoms with Crippen LogP contribution in [0, 0.1) is 12.7 Å². The van der Waals surface area contributed by atoms with Gasteiger partial charge in [0, 0.05) is 44.5 Å². The second kappa shape index (κ2) is 10.7. The van der Waals surface area contributed by atoms with Gasteiger partial charge in [0.1, 0.15) is 12.0 Å². The van der Waals surface area contributed by atoms with E-state index in [0.29, 0.717) is 66.2 Å². The van der Waals surface area contributed by atoms with Crippen LogP contribution in [0.1, 0.15) is 12.1 Å². The lowest BCUT2D eigenvalue weighted by atomic mass is 10.2. The lowest BCUT2D eigenvalue weighted by molar-refractivity contribution is 0.174. The normalized spacial score (nSPS) is 15.3. The average molecular weight is 545 g/mol. The van der Waals surface area contributed by atoms with Crippen molar-refractivity contribution in [1.29, 1.82) is 0 Å². The zero-order chi connectivity index (χ0) is 26.9. The van der Waals surface area contributed by atoms with E-state index in [2.05, 4.69) is 24.8 Å². The molecule has 0 unspecified atom stereocenters. The van der Waals surface area contributed by atoms with Crippen molar-refractivity contribution in [1.82, 2.24) is 29.1 Å². The molecule has 1 aromatic carbocycles. The van der Waals surface area contributed by atoms with Gasteiger partial charge in [-0.2, -0.15) is 4.31 Å². The SMILES string of the molecule is COc1cc2c(Oc3cnc4[nH]c(C)cc4c3F)ncnc2cc1OCCCN1CCN(S(C)(=O)=O)CC1. The number of methoxy groups -OCH3 is 1. The fraction of sp³-hybridized carbons (Fsp3) is 0.400. The van der Waals surface area contributed by atoms with Gasteiger partial charge < -0.3 is 24.1 Å². The van der Waals surface area contributed by atoms with Crippen LogP contribution >= 0.6 is 0 Å². The van der Waals surface area contributed by atoms with Crippen molar-refractivity contribution in [3.63, 3.8) is 0 Å². The monoisotopic (exact) mass is 544 g/mol. The van der Waals surface area contributed by atoms with Crippen LogP contribution < -0.4 is 14.2 Å². The molecule has 1 fully saturated rings. The van der Waals surface area contributed by atoms with E-state index in [1.165, 1.54) is 30.2 Å². The molecule has 1 saturated heterocycles. The molecule has 0 spiro atoms. The van der Waals surface area contributed by atoms with Crippen molar-refractivity contribution >= 4 is 32.0 Å². The van der Waals surface area contributed by atoms with Gasteiger partial charge in [0.2, 0.25) is 15.9 Å². The van der Waals surface area contributed by atoms with Crippen molar-refractivity contribution in [3.8, 4) is 23.1 Å². The molecular weight excluding hydrogens is 515 g/mol. The summed E-state index contributed by atoms with van der Waals surface area (Å²) in [5.41, 5.74) is 1.79. The van der Waals surface area contributed by atoms with E-state index in [4.69, 9.17) is 14.2 Å². The first kappa shape index (κ1) is 26.1. The Morgan fingerprint density at radius 2 is 1.82 bits per heavy atom. The maximum absolute atomic E-state index is 15.1. The third-order valence-corrected chi connectivity index (χ3v) is 7.77. The van der Waals surface area contributed by atoms with Crippen LogP contribution in [-0.4, -0.2) is 90.3 Å². The largest absolute Gasteiger partial charge is 0.493 e. The molecule has 5 rings (SSSR count). The Hall–Kier alpha value is -3.55. The minimum atomic E-state index is -3.14. The van der Waals surface area contributed by atoms with Crippen LogP contribution in [0.5, 0.6) is 23.1 Å². The molecule has 0 aliphatic carbocycles. The second-order valence-electron chi connectivity index (χ2n) is 9.16. The zero-order valence-electron chi connectivity index (χ0n) is 21.4. The number of aromatic amines is 1. The fourth-order valence-corrected chi connectivity index (χ4v) is 5.31. The molecule has 0 atom stereocenters. The Labute approximate surface area is 219 Å². The number of hydrogen-bond donors (Lipinski definition) is 1. The number of pyridine rings is 1. The summed E-state index contributed by atoms with van der Waals surface area (Å²) in [6, 6.07) is 5.11. The number of nitrogens with zero attached hydrogens (tertiary/aromatic N) is 5. The Kier molecular flexibility index (Phi) is 7.32. The number of aromatic nitrogens is 4. The summed E-state index contributed by atoms with van der Waals surface area (Å²) in [5, 5.41) is 0.870. The number of ether oxygens (including phenoxy) is 3. The van der Waals surface area contributed by atoms with Crippen LogP contribution in [0.15, 0.2) is 30.7 Å². The number of sulfonamides is 1. The van der Waals surface area contributed by atoms with Gasteiger partial charge in [-0.1, -0.05) is 0 Å². The first-order valence-corrected chi connectivity index (χ1v) is 14.0. The van der Waals surface area contributed by atoms with Gasteiger partial charge in [-0.15, -0.1) is 0 Å². The molecule has 0 bridgehead atoms. The predicted octanol–water partition coefficient (Wildman–Crippen LogP) is 3.10. The summed E-state index contributed by atoms with van der Waals surface area (Å²) < 4.78 is 57.3. The number of halogens is 1. The first-order valence-electron chi connectivity index (χ1n) is 12.2. The number of rotatable bonds is 9. The molecule has 11 nitrogen and oxygen atoms in total. The van der Waals surface area contributed by atoms with Gasteiger partial charge in [0.25, 0.3) is 0 Å². The number of piperazine rings is 1. The van der Waals surface area contributed by atoms with Crippen LogP contribution in [0.3, 0.4) is 0 Å². The Balaban J connectivity index is 1.26. The summed E-state index contributed by atoms with van der Waals surface area (Å²) >= 11 is 0. The topological polar surface area (TPSA) is 123 Å². The van der Waals surface area contributed by atoms with Gasteiger partial charge >= 0.3 is 0 Å². The summed E-state index contributed by atoms with van der Waals surface area (Å²) in [6.45, 7) is 5.45. The van der Waals surface area contributed by atoms with Crippen molar-refractivity contribution in [3.05, 3.63) is 42.2 Å². The van der Waals surface area contributed by atoms with Crippen LogP contribution in [0.25, 0.3) is 21.9 Å². The number of fused-ring (bicyclic) bond motifs is 2. The molecule has 1 N–H and O–H groups in total. The highest BCUT2D eigenvalue weighted by molar-refractivity contribution is 7.88. The number of benzene rings is 1. The van der Waals surface area contributed by atoms with E-state index in [-0.39, 0.29) is 11.6 Å². The molecular formula is C25H29FN6O5S. The second-order valence-corrected chi connectivity index (χ2v) is 11.1. The molecule has 4 heterocycles. The van der Waals surface area contributed by atoms with E-state index in [9.17, 15) is 8.42 Å². The lowest BCUT2D eigenvalue weighted by Gasteiger charge is -2.33. The number of hydrogen-bond acceptors (Lipinski definition) is 9. The first-order chi connectivity index (χ1) is 18.2. The highest BCUT2D eigenvalue weighted by atomic mass is 32.2. The molecule has 3 aromatic heterocycles. The quantitative estimate of drug-likeness (QED) is 0.317. The van der Waals surface area contributed by atoms with Gasteiger partial charge in [-0.3, -0.25) is 0 Å². The van der Waals surface area contributed by atoms with E-state index >= 15 is 4.39 Å². The minimum absolute atomic E-state index is 0.0480. The molecule has 0 radical (unpaired) electrons. The van der Waals surface area contributed by atoms with Crippen molar-refractivity contribution in [2.75, 3.05) is 52.7 Å².